The van der Waals surface area contributed by atoms with Gasteiger partial charge in [0.25, 0.3) is 5.91 Å². The highest BCUT2D eigenvalue weighted by atomic mass is 35.5. The zero-order chi connectivity index (χ0) is 20.3. The number of ether oxygens (including phenoxy) is 2. The van der Waals surface area contributed by atoms with Crippen molar-refractivity contribution in [1.29, 1.82) is 0 Å². The highest BCUT2D eigenvalue weighted by Gasteiger charge is 2.40. The number of esters is 2. The van der Waals surface area contributed by atoms with E-state index >= 15 is 0 Å². The molecular weight excluding hydrogens is 386 g/mol. The second-order valence-electron chi connectivity index (χ2n) is 6.29. The van der Waals surface area contributed by atoms with E-state index in [1.807, 2.05) is 24.3 Å². The smallest absolute Gasteiger partial charge is 0.303 e. The number of carbonyl (C=O) groups is 3. The fraction of sp³-hybridized carbons (Fsp3) is 0.316. The molecule has 0 N–H and O–H groups in total. The van der Waals surface area contributed by atoms with Crippen LogP contribution >= 0.6 is 11.6 Å². The summed E-state index contributed by atoms with van der Waals surface area (Å²) in [5, 5.41) is 0.0530. The van der Waals surface area contributed by atoms with Gasteiger partial charge >= 0.3 is 11.9 Å². The molecule has 2 aromatic rings. The SMILES string of the molecule is CC(=O)O[C@@H](C(=O)N1Cc2ccccc2C1)[C@@H](OC(C)=O)c1cncc(Cl)n1. The van der Waals surface area contributed by atoms with Crippen LogP contribution in [0.3, 0.4) is 0 Å². The number of nitrogens with zero attached hydrogens (tertiary/aromatic N) is 3. The Kier molecular flexibility index (Phi) is 5.89. The first-order valence-electron chi connectivity index (χ1n) is 8.52. The summed E-state index contributed by atoms with van der Waals surface area (Å²) >= 11 is 5.89. The molecular formula is C19H18ClN3O5. The zero-order valence-corrected chi connectivity index (χ0v) is 16.0. The van der Waals surface area contributed by atoms with E-state index in [0.29, 0.717) is 13.1 Å². The monoisotopic (exact) mass is 403 g/mol. The predicted octanol–water partition coefficient (Wildman–Crippen LogP) is 2.21. The maximum Gasteiger partial charge on any atom is 0.303 e. The first-order chi connectivity index (χ1) is 13.3. The summed E-state index contributed by atoms with van der Waals surface area (Å²) in [5.74, 6) is -1.86. The van der Waals surface area contributed by atoms with Crippen molar-refractivity contribution in [2.75, 3.05) is 0 Å². The second kappa shape index (κ2) is 8.35. The van der Waals surface area contributed by atoms with Crippen LogP contribution in [0.1, 0.15) is 36.8 Å². The second-order valence-corrected chi connectivity index (χ2v) is 6.68. The van der Waals surface area contributed by atoms with E-state index in [-0.39, 0.29) is 10.8 Å². The minimum absolute atomic E-state index is 0.0530. The highest BCUT2D eigenvalue weighted by molar-refractivity contribution is 6.29. The summed E-state index contributed by atoms with van der Waals surface area (Å²) in [5.41, 5.74) is 2.12. The Morgan fingerprint density at radius 1 is 1.04 bits per heavy atom. The molecule has 0 aliphatic carbocycles. The van der Waals surface area contributed by atoms with E-state index in [2.05, 4.69) is 9.97 Å². The van der Waals surface area contributed by atoms with Gasteiger partial charge in [-0.3, -0.25) is 19.4 Å². The Morgan fingerprint density at radius 2 is 1.64 bits per heavy atom. The molecule has 1 aliphatic rings. The molecule has 0 radical (unpaired) electrons. The van der Waals surface area contributed by atoms with E-state index in [9.17, 15) is 14.4 Å². The summed E-state index contributed by atoms with van der Waals surface area (Å²) in [7, 11) is 0. The molecule has 8 nitrogen and oxygen atoms in total. The van der Waals surface area contributed by atoms with Crippen molar-refractivity contribution in [2.24, 2.45) is 0 Å². The minimum atomic E-state index is -1.41. The largest absolute Gasteiger partial charge is 0.451 e. The third kappa shape index (κ3) is 4.45. The first kappa shape index (κ1) is 19.8. The summed E-state index contributed by atoms with van der Waals surface area (Å²) in [6.07, 6.45) is -0.0789. The van der Waals surface area contributed by atoms with Gasteiger partial charge in [-0.1, -0.05) is 35.9 Å². The van der Waals surface area contributed by atoms with E-state index < -0.39 is 30.1 Å². The lowest BCUT2D eigenvalue weighted by Gasteiger charge is -2.28. The van der Waals surface area contributed by atoms with Crippen molar-refractivity contribution in [3.63, 3.8) is 0 Å². The Bertz CT molecular complexity index is 895. The molecule has 146 valence electrons. The molecule has 1 aromatic heterocycles. The van der Waals surface area contributed by atoms with E-state index in [1.54, 1.807) is 0 Å². The number of amides is 1. The van der Waals surface area contributed by atoms with Crippen molar-refractivity contribution in [2.45, 2.75) is 39.1 Å². The third-order valence-corrected chi connectivity index (χ3v) is 4.35. The van der Waals surface area contributed by atoms with Crippen LogP contribution in [0, 0.1) is 0 Å². The van der Waals surface area contributed by atoms with Crippen molar-refractivity contribution in [3.05, 3.63) is 58.6 Å². The molecule has 9 heteroatoms. The van der Waals surface area contributed by atoms with Gasteiger partial charge < -0.3 is 14.4 Å². The van der Waals surface area contributed by atoms with Gasteiger partial charge in [0, 0.05) is 26.9 Å². The van der Waals surface area contributed by atoms with Gasteiger partial charge in [-0.2, -0.15) is 0 Å². The van der Waals surface area contributed by atoms with Gasteiger partial charge in [0.05, 0.1) is 12.4 Å². The number of rotatable bonds is 5. The van der Waals surface area contributed by atoms with Crippen LogP contribution in [0.25, 0.3) is 0 Å². The molecule has 1 aliphatic heterocycles. The van der Waals surface area contributed by atoms with Crippen LogP contribution in [0.5, 0.6) is 0 Å². The maximum atomic E-state index is 13.2. The van der Waals surface area contributed by atoms with Gasteiger partial charge in [-0.15, -0.1) is 0 Å². The van der Waals surface area contributed by atoms with E-state index in [1.165, 1.54) is 31.1 Å². The van der Waals surface area contributed by atoms with Crippen LogP contribution in [-0.2, 0) is 36.9 Å². The van der Waals surface area contributed by atoms with Gasteiger partial charge in [-0.25, -0.2) is 4.98 Å². The Labute approximate surface area is 166 Å². The summed E-state index contributed by atoms with van der Waals surface area (Å²) < 4.78 is 10.5. The Balaban J connectivity index is 1.93. The van der Waals surface area contributed by atoms with Crippen molar-refractivity contribution in [3.8, 4) is 0 Å². The topological polar surface area (TPSA) is 98.7 Å². The minimum Gasteiger partial charge on any atom is -0.451 e. The van der Waals surface area contributed by atoms with Gasteiger partial charge in [-0.05, 0) is 11.1 Å². The van der Waals surface area contributed by atoms with Gasteiger partial charge in [0.2, 0.25) is 6.10 Å². The average molecular weight is 404 g/mol. The zero-order valence-electron chi connectivity index (χ0n) is 15.3. The van der Waals surface area contributed by atoms with Gasteiger partial charge in [0.1, 0.15) is 10.8 Å². The van der Waals surface area contributed by atoms with Gasteiger partial charge in [0.15, 0.2) is 6.10 Å². The van der Waals surface area contributed by atoms with E-state index in [4.69, 9.17) is 21.1 Å². The number of benzene rings is 1. The van der Waals surface area contributed by atoms with Crippen LogP contribution < -0.4 is 0 Å². The molecule has 0 unspecified atom stereocenters. The molecule has 1 amide bonds. The first-order valence-corrected chi connectivity index (χ1v) is 8.90. The number of halogens is 1. The standard InChI is InChI=1S/C19H18ClN3O5/c1-11(24)27-17(15-7-21-8-16(20)22-15)18(28-12(2)25)19(26)23-9-13-5-3-4-6-14(13)10-23/h3-8,17-18H,9-10H2,1-2H3/t17-,18+/m0/s1. The summed E-state index contributed by atoms with van der Waals surface area (Å²) in [6, 6.07) is 7.63. The van der Waals surface area contributed by atoms with Crippen LogP contribution in [0.15, 0.2) is 36.7 Å². The molecule has 2 heterocycles. The van der Waals surface area contributed by atoms with Crippen LogP contribution in [0.2, 0.25) is 5.15 Å². The number of hydrogen-bond donors (Lipinski definition) is 0. The molecule has 0 bridgehead atoms. The molecule has 0 fully saturated rings. The molecule has 1 aromatic carbocycles. The Morgan fingerprint density at radius 3 is 2.18 bits per heavy atom. The fourth-order valence-electron chi connectivity index (χ4n) is 3.04. The molecule has 28 heavy (non-hydrogen) atoms. The van der Waals surface area contributed by atoms with Crippen LogP contribution in [0.4, 0.5) is 0 Å². The highest BCUT2D eigenvalue weighted by Crippen LogP contribution is 2.29. The van der Waals surface area contributed by atoms with E-state index in [0.717, 1.165) is 11.1 Å². The molecule has 3 rings (SSSR count). The predicted molar refractivity (Wildman–Crippen MR) is 97.8 cm³/mol. The fourth-order valence-corrected chi connectivity index (χ4v) is 3.19. The summed E-state index contributed by atoms with van der Waals surface area (Å²) in [6.45, 7) is 3.08. The Hall–Kier alpha value is -3.00. The summed E-state index contributed by atoms with van der Waals surface area (Å²) in [4.78, 5) is 46.1. The molecule has 0 saturated heterocycles. The molecule has 2 atom stereocenters. The number of aromatic nitrogens is 2. The maximum absolute atomic E-state index is 13.2. The number of carbonyl (C=O) groups excluding carboxylic acids is 3. The number of hydrogen-bond acceptors (Lipinski definition) is 7. The van der Waals surface area contributed by atoms with Crippen molar-refractivity contribution in [1.82, 2.24) is 14.9 Å². The lowest BCUT2D eigenvalue weighted by molar-refractivity contribution is -0.175. The molecule has 0 saturated carbocycles. The molecule has 0 spiro atoms. The van der Waals surface area contributed by atoms with Crippen molar-refractivity contribution < 1.29 is 23.9 Å². The normalized spacial score (nSPS) is 14.8. The number of fused-ring (bicyclic) bond motifs is 1. The lowest BCUT2D eigenvalue weighted by Crippen LogP contribution is -2.43. The quantitative estimate of drug-likeness (QED) is 0.705. The lowest BCUT2D eigenvalue weighted by atomic mass is 10.1. The van der Waals surface area contributed by atoms with Crippen LogP contribution in [-0.4, -0.2) is 38.8 Å². The van der Waals surface area contributed by atoms with Crippen molar-refractivity contribution >= 4 is 29.4 Å². The average Bonchev–Trinajstić information content (AvgIpc) is 3.08. The third-order valence-electron chi connectivity index (χ3n) is 4.17.